The Hall–Kier alpha value is -1.55. The fourth-order valence-corrected chi connectivity index (χ4v) is 1.70. The summed E-state index contributed by atoms with van der Waals surface area (Å²) in [6.45, 7) is 3.81. The van der Waals surface area contributed by atoms with E-state index in [1.54, 1.807) is 24.3 Å². The summed E-state index contributed by atoms with van der Waals surface area (Å²) in [4.78, 5) is 12.1. The van der Waals surface area contributed by atoms with E-state index in [1.807, 2.05) is 13.8 Å². The number of anilines is 1. The van der Waals surface area contributed by atoms with Crippen molar-refractivity contribution in [3.05, 3.63) is 29.8 Å². The lowest BCUT2D eigenvalue weighted by molar-refractivity contribution is 0.0818. The van der Waals surface area contributed by atoms with Crippen LogP contribution < -0.4 is 11.1 Å². The van der Waals surface area contributed by atoms with Gasteiger partial charge < -0.3 is 16.2 Å². The molecule has 94 valence electrons. The minimum Gasteiger partial charge on any atom is -0.398 e. The molecule has 0 aliphatic carbocycles. The summed E-state index contributed by atoms with van der Waals surface area (Å²) in [5.74, 6) is -0.235. The fourth-order valence-electron chi connectivity index (χ4n) is 1.70. The Balaban J connectivity index is 2.89. The topological polar surface area (TPSA) is 75.3 Å². The Morgan fingerprint density at radius 2 is 1.94 bits per heavy atom. The summed E-state index contributed by atoms with van der Waals surface area (Å²) in [7, 11) is 0. The first-order valence-corrected chi connectivity index (χ1v) is 5.86. The SMILES string of the molecule is CCC(CC)(CO)NC(=O)c1ccccc1N. The van der Waals surface area contributed by atoms with Crippen LogP contribution in [-0.2, 0) is 0 Å². The molecule has 4 heteroatoms. The van der Waals surface area contributed by atoms with Crippen molar-refractivity contribution in [2.75, 3.05) is 12.3 Å². The third kappa shape index (κ3) is 2.97. The number of hydrogen-bond acceptors (Lipinski definition) is 3. The minimum atomic E-state index is -0.556. The number of hydrogen-bond donors (Lipinski definition) is 3. The van der Waals surface area contributed by atoms with Gasteiger partial charge in [0.2, 0.25) is 0 Å². The lowest BCUT2D eigenvalue weighted by Gasteiger charge is -2.30. The predicted octanol–water partition coefficient (Wildman–Crippen LogP) is 1.55. The molecule has 1 aromatic carbocycles. The molecule has 1 amide bonds. The van der Waals surface area contributed by atoms with Gasteiger partial charge in [0.25, 0.3) is 5.91 Å². The number of para-hydroxylation sites is 1. The number of carbonyl (C=O) groups is 1. The summed E-state index contributed by atoms with van der Waals surface area (Å²) >= 11 is 0. The van der Waals surface area contributed by atoms with Crippen LogP contribution in [0.2, 0.25) is 0 Å². The molecule has 0 radical (unpaired) electrons. The molecule has 0 saturated heterocycles. The highest BCUT2D eigenvalue weighted by Gasteiger charge is 2.27. The van der Waals surface area contributed by atoms with Gasteiger partial charge in [-0.05, 0) is 25.0 Å². The second kappa shape index (κ2) is 5.68. The Labute approximate surface area is 102 Å². The Bertz CT molecular complexity index is 378. The predicted molar refractivity (Wildman–Crippen MR) is 68.7 cm³/mol. The maximum Gasteiger partial charge on any atom is 0.253 e. The maximum absolute atomic E-state index is 12.1. The largest absolute Gasteiger partial charge is 0.398 e. The van der Waals surface area contributed by atoms with E-state index in [1.165, 1.54) is 0 Å². The van der Waals surface area contributed by atoms with E-state index in [2.05, 4.69) is 5.32 Å². The molecule has 0 atom stereocenters. The van der Waals surface area contributed by atoms with Crippen LogP contribution in [0.5, 0.6) is 0 Å². The van der Waals surface area contributed by atoms with E-state index in [9.17, 15) is 9.90 Å². The monoisotopic (exact) mass is 236 g/mol. The third-order valence-corrected chi connectivity index (χ3v) is 3.24. The molecule has 0 aromatic heterocycles. The first-order chi connectivity index (χ1) is 8.08. The van der Waals surface area contributed by atoms with Gasteiger partial charge >= 0.3 is 0 Å². The van der Waals surface area contributed by atoms with Crippen LogP contribution in [0.25, 0.3) is 0 Å². The summed E-state index contributed by atoms with van der Waals surface area (Å²) in [6, 6.07) is 6.92. The highest BCUT2D eigenvalue weighted by molar-refractivity contribution is 5.99. The summed E-state index contributed by atoms with van der Waals surface area (Å²) in [6.07, 6.45) is 1.36. The first-order valence-electron chi connectivity index (χ1n) is 5.86. The Kier molecular flexibility index (Phi) is 4.52. The van der Waals surface area contributed by atoms with E-state index in [-0.39, 0.29) is 12.5 Å². The van der Waals surface area contributed by atoms with E-state index >= 15 is 0 Å². The maximum atomic E-state index is 12.1. The zero-order valence-corrected chi connectivity index (χ0v) is 10.4. The van der Waals surface area contributed by atoms with Gasteiger partial charge in [-0.25, -0.2) is 0 Å². The van der Waals surface area contributed by atoms with Crippen LogP contribution in [0.15, 0.2) is 24.3 Å². The molecule has 0 bridgehead atoms. The number of nitrogens with one attached hydrogen (secondary N) is 1. The molecule has 1 aromatic rings. The van der Waals surface area contributed by atoms with Crippen molar-refractivity contribution in [3.8, 4) is 0 Å². The zero-order chi connectivity index (χ0) is 12.9. The summed E-state index contributed by atoms with van der Waals surface area (Å²) in [5, 5.41) is 12.3. The molecular formula is C13H20N2O2. The van der Waals surface area contributed by atoms with Gasteiger partial charge in [-0.3, -0.25) is 4.79 Å². The van der Waals surface area contributed by atoms with E-state index < -0.39 is 5.54 Å². The molecule has 0 fully saturated rings. The Morgan fingerprint density at radius 1 is 1.35 bits per heavy atom. The number of rotatable bonds is 5. The standard InChI is InChI=1S/C13H20N2O2/c1-3-13(4-2,9-16)15-12(17)10-7-5-6-8-11(10)14/h5-8,16H,3-4,9,14H2,1-2H3,(H,15,17). The van der Waals surface area contributed by atoms with Gasteiger partial charge in [0, 0.05) is 5.69 Å². The second-order valence-corrected chi connectivity index (χ2v) is 4.19. The van der Waals surface area contributed by atoms with Crippen LogP contribution in [0.4, 0.5) is 5.69 Å². The fraction of sp³-hybridized carbons (Fsp3) is 0.462. The highest BCUT2D eigenvalue weighted by Crippen LogP contribution is 2.17. The number of benzene rings is 1. The van der Waals surface area contributed by atoms with Gasteiger partial charge in [0.05, 0.1) is 17.7 Å². The molecule has 17 heavy (non-hydrogen) atoms. The van der Waals surface area contributed by atoms with E-state index in [0.29, 0.717) is 24.1 Å². The van der Waals surface area contributed by atoms with E-state index in [4.69, 9.17) is 5.73 Å². The quantitative estimate of drug-likeness (QED) is 0.679. The van der Waals surface area contributed by atoms with Gasteiger partial charge in [-0.1, -0.05) is 26.0 Å². The second-order valence-electron chi connectivity index (χ2n) is 4.19. The molecule has 0 heterocycles. The van der Waals surface area contributed by atoms with Crippen molar-refractivity contribution < 1.29 is 9.90 Å². The van der Waals surface area contributed by atoms with Crippen molar-refractivity contribution in [1.82, 2.24) is 5.32 Å². The minimum absolute atomic E-state index is 0.0710. The molecule has 0 saturated carbocycles. The Morgan fingerprint density at radius 3 is 2.41 bits per heavy atom. The van der Waals surface area contributed by atoms with Crippen LogP contribution in [-0.4, -0.2) is 23.2 Å². The molecule has 0 aliphatic heterocycles. The summed E-state index contributed by atoms with van der Waals surface area (Å²) < 4.78 is 0. The molecule has 0 aliphatic rings. The number of aliphatic hydroxyl groups is 1. The number of amides is 1. The highest BCUT2D eigenvalue weighted by atomic mass is 16.3. The van der Waals surface area contributed by atoms with Gasteiger partial charge in [0.15, 0.2) is 0 Å². The molecule has 0 unspecified atom stereocenters. The molecule has 4 nitrogen and oxygen atoms in total. The average Bonchev–Trinajstić information content (AvgIpc) is 2.36. The van der Waals surface area contributed by atoms with Crippen LogP contribution in [0.3, 0.4) is 0 Å². The van der Waals surface area contributed by atoms with Crippen LogP contribution >= 0.6 is 0 Å². The summed E-state index contributed by atoms with van der Waals surface area (Å²) in [5.41, 5.74) is 6.08. The molecule has 1 rings (SSSR count). The van der Waals surface area contributed by atoms with Crippen LogP contribution in [0, 0.1) is 0 Å². The van der Waals surface area contributed by atoms with Gasteiger partial charge in [-0.15, -0.1) is 0 Å². The average molecular weight is 236 g/mol. The van der Waals surface area contributed by atoms with Gasteiger partial charge in [-0.2, -0.15) is 0 Å². The third-order valence-electron chi connectivity index (χ3n) is 3.24. The molecule has 4 N–H and O–H groups in total. The number of carbonyl (C=O) groups excluding carboxylic acids is 1. The molecule has 0 spiro atoms. The zero-order valence-electron chi connectivity index (χ0n) is 10.4. The normalized spacial score (nSPS) is 11.2. The smallest absolute Gasteiger partial charge is 0.253 e. The molecular weight excluding hydrogens is 216 g/mol. The van der Waals surface area contributed by atoms with Gasteiger partial charge in [0.1, 0.15) is 0 Å². The first kappa shape index (κ1) is 13.5. The van der Waals surface area contributed by atoms with Crippen molar-refractivity contribution in [2.24, 2.45) is 0 Å². The lowest BCUT2D eigenvalue weighted by atomic mass is 9.93. The number of nitrogens with two attached hydrogens (primary N) is 1. The van der Waals surface area contributed by atoms with Crippen LogP contribution in [0.1, 0.15) is 37.0 Å². The lowest BCUT2D eigenvalue weighted by Crippen LogP contribution is -2.50. The number of aliphatic hydroxyl groups excluding tert-OH is 1. The van der Waals surface area contributed by atoms with E-state index in [0.717, 1.165) is 0 Å². The van der Waals surface area contributed by atoms with Crippen molar-refractivity contribution >= 4 is 11.6 Å². The number of nitrogen functional groups attached to an aromatic ring is 1. The van der Waals surface area contributed by atoms with Crippen molar-refractivity contribution in [3.63, 3.8) is 0 Å². The van der Waals surface area contributed by atoms with Crippen molar-refractivity contribution in [2.45, 2.75) is 32.2 Å². The van der Waals surface area contributed by atoms with Crippen molar-refractivity contribution in [1.29, 1.82) is 0 Å².